The minimum atomic E-state index is -1.31. The molecule has 0 unspecified atom stereocenters. The first kappa shape index (κ1) is 13.8. The maximum atomic E-state index is 11.1. The van der Waals surface area contributed by atoms with Crippen LogP contribution < -0.4 is 4.74 Å². The van der Waals surface area contributed by atoms with Gasteiger partial charge in [-0.2, -0.15) is 0 Å². The normalized spacial score (nSPS) is 11.2. The van der Waals surface area contributed by atoms with Crippen molar-refractivity contribution in [1.29, 1.82) is 0 Å². The Bertz CT molecular complexity index is 528. The minimum absolute atomic E-state index is 0.260. The van der Waals surface area contributed by atoms with E-state index in [1.807, 2.05) is 13.8 Å². The van der Waals surface area contributed by atoms with Crippen molar-refractivity contribution >= 4 is 17.5 Å². The van der Waals surface area contributed by atoms with Crippen molar-refractivity contribution in [1.82, 2.24) is 0 Å². The van der Waals surface area contributed by atoms with Gasteiger partial charge in [-0.1, -0.05) is 0 Å². The fourth-order valence-electron chi connectivity index (χ4n) is 1.55. The average molecular weight is 250 g/mol. The number of carbonyl (C=O) groups is 2. The average Bonchev–Trinajstić information content (AvgIpc) is 2.28. The summed E-state index contributed by atoms with van der Waals surface area (Å²) in [5.74, 6) is -2.28. The summed E-state index contributed by atoms with van der Waals surface area (Å²) in [6, 6.07) is 3.29. The molecule has 0 bridgehead atoms. The fourth-order valence-corrected chi connectivity index (χ4v) is 1.55. The maximum absolute atomic E-state index is 11.1. The molecular weight excluding hydrogens is 236 g/mol. The molecule has 0 radical (unpaired) electrons. The van der Waals surface area contributed by atoms with Crippen LogP contribution in [0.1, 0.15) is 16.7 Å². The number of hydrogen-bond donors (Lipinski definition) is 2. The highest BCUT2D eigenvalue weighted by atomic mass is 16.5. The summed E-state index contributed by atoms with van der Waals surface area (Å²) in [6.45, 7) is 3.68. The lowest BCUT2D eigenvalue weighted by Gasteiger charge is -2.12. The quantitative estimate of drug-likeness (QED) is 0.797. The molecule has 1 aromatic rings. The van der Waals surface area contributed by atoms with Crippen molar-refractivity contribution in [2.24, 2.45) is 0 Å². The van der Waals surface area contributed by atoms with Gasteiger partial charge < -0.3 is 14.9 Å². The Morgan fingerprint density at radius 3 is 2.17 bits per heavy atom. The van der Waals surface area contributed by atoms with E-state index in [9.17, 15) is 9.59 Å². The molecular formula is C13H14O5. The summed E-state index contributed by atoms with van der Waals surface area (Å²) >= 11 is 0. The standard InChI is InChI=1S/C13H14O5/c1-7-4-9(11(18-3)5-8(7)2)10(13(16)17)6-12(14)15/h4-6H,1-3H3,(H,14,15)(H,16,17)/b10-6-. The monoisotopic (exact) mass is 250 g/mol. The number of hydrogen-bond acceptors (Lipinski definition) is 3. The SMILES string of the molecule is COc1cc(C)c(C)cc1/C(=C/C(=O)O)C(=O)O. The zero-order valence-corrected chi connectivity index (χ0v) is 10.4. The number of aryl methyl sites for hydroxylation is 2. The van der Waals surface area contributed by atoms with Crippen LogP contribution in [0.5, 0.6) is 5.75 Å². The maximum Gasteiger partial charge on any atom is 0.336 e. The van der Waals surface area contributed by atoms with E-state index in [2.05, 4.69) is 0 Å². The highest BCUT2D eigenvalue weighted by Crippen LogP contribution is 2.29. The summed E-state index contributed by atoms with van der Waals surface area (Å²) in [5.41, 5.74) is 1.76. The molecule has 96 valence electrons. The van der Waals surface area contributed by atoms with Crippen LogP contribution in [-0.4, -0.2) is 29.3 Å². The van der Waals surface area contributed by atoms with E-state index < -0.39 is 11.9 Å². The van der Waals surface area contributed by atoms with Crippen LogP contribution in [0.15, 0.2) is 18.2 Å². The lowest BCUT2D eigenvalue weighted by molar-refractivity contribution is -0.133. The molecule has 0 saturated heterocycles. The molecule has 0 aliphatic carbocycles. The molecule has 0 aliphatic heterocycles. The van der Waals surface area contributed by atoms with Gasteiger partial charge in [0.2, 0.25) is 0 Å². The van der Waals surface area contributed by atoms with E-state index in [4.69, 9.17) is 14.9 Å². The Balaban J connectivity index is 3.50. The second-order valence-electron chi connectivity index (χ2n) is 3.84. The van der Waals surface area contributed by atoms with Crippen molar-refractivity contribution in [3.63, 3.8) is 0 Å². The third-order valence-corrected chi connectivity index (χ3v) is 2.60. The number of methoxy groups -OCH3 is 1. The van der Waals surface area contributed by atoms with Crippen LogP contribution in [0.3, 0.4) is 0 Å². The Labute approximate surface area is 104 Å². The summed E-state index contributed by atoms with van der Waals surface area (Å²) < 4.78 is 5.10. The first-order chi connectivity index (χ1) is 8.36. The predicted molar refractivity (Wildman–Crippen MR) is 65.7 cm³/mol. The van der Waals surface area contributed by atoms with Crippen LogP contribution in [0.25, 0.3) is 5.57 Å². The van der Waals surface area contributed by atoms with Crippen molar-refractivity contribution in [2.75, 3.05) is 7.11 Å². The number of rotatable bonds is 4. The van der Waals surface area contributed by atoms with Gasteiger partial charge in [0, 0.05) is 11.6 Å². The highest BCUT2D eigenvalue weighted by Gasteiger charge is 2.18. The highest BCUT2D eigenvalue weighted by molar-refractivity contribution is 6.20. The molecule has 18 heavy (non-hydrogen) atoms. The molecule has 1 rings (SSSR count). The molecule has 0 aliphatic rings. The third-order valence-electron chi connectivity index (χ3n) is 2.60. The van der Waals surface area contributed by atoms with Gasteiger partial charge in [0.25, 0.3) is 0 Å². The van der Waals surface area contributed by atoms with Gasteiger partial charge in [-0.3, -0.25) is 0 Å². The van der Waals surface area contributed by atoms with Crippen molar-refractivity contribution in [3.8, 4) is 5.75 Å². The third kappa shape index (κ3) is 2.88. The van der Waals surface area contributed by atoms with Gasteiger partial charge in [-0.25, -0.2) is 9.59 Å². The zero-order chi connectivity index (χ0) is 13.9. The number of carboxylic acids is 2. The molecule has 0 heterocycles. The van der Waals surface area contributed by atoms with Gasteiger partial charge in [0.05, 0.1) is 12.7 Å². The Morgan fingerprint density at radius 1 is 1.17 bits per heavy atom. The first-order valence-corrected chi connectivity index (χ1v) is 5.20. The second kappa shape index (κ2) is 5.35. The van der Waals surface area contributed by atoms with E-state index in [0.717, 1.165) is 11.1 Å². The molecule has 5 nitrogen and oxygen atoms in total. The number of carboxylic acid groups (broad SMARTS) is 2. The lowest BCUT2D eigenvalue weighted by atomic mass is 9.99. The van der Waals surface area contributed by atoms with Crippen molar-refractivity contribution in [3.05, 3.63) is 34.9 Å². The number of benzene rings is 1. The van der Waals surface area contributed by atoms with Gasteiger partial charge in [-0.15, -0.1) is 0 Å². The molecule has 2 N–H and O–H groups in total. The van der Waals surface area contributed by atoms with Gasteiger partial charge >= 0.3 is 11.9 Å². The molecule has 0 atom stereocenters. The summed E-state index contributed by atoms with van der Waals surface area (Å²) in [5, 5.41) is 17.8. The van der Waals surface area contributed by atoms with E-state index >= 15 is 0 Å². The summed E-state index contributed by atoms with van der Waals surface area (Å²) in [6.07, 6.45) is 0.662. The summed E-state index contributed by atoms with van der Waals surface area (Å²) in [4.78, 5) is 21.8. The van der Waals surface area contributed by atoms with E-state index in [-0.39, 0.29) is 11.1 Å². The van der Waals surface area contributed by atoms with Crippen LogP contribution >= 0.6 is 0 Å². The molecule has 1 aromatic carbocycles. The van der Waals surface area contributed by atoms with Crippen molar-refractivity contribution < 1.29 is 24.5 Å². The molecule has 0 saturated carbocycles. The van der Waals surface area contributed by atoms with Crippen LogP contribution in [0.4, 0.5) is 0 Å². The van der Waals surface area contributed by atoms with Crippen LogP contribution in [0.2, 0.25) is 0 Å². The largest absolute Gasteiger partial charge is 0.496 e. The zero-order valence-electron chi connectivity index (χ0n) is 10.4. The molecule has 0 spiro atoms. The van der Waals surface area contributed by atoms with E-state index in [1.165, 1.54) is 7.11 Å². The molecule has 0 fully saturated rings. The smallest absolute Gasteiger partial charge is 0.336 e. The summed E-state index contributed by atoms with van der Waals surface area (Å²) in [7, 11) is 1.41. The van der Waals surface area contributed by atoms with Crippen molar-refractivity contribution in [2.45, 2.75) is 13.8 Å². The number of aliphatic carboxylic acids is 2. The van der Waals surface area contributed by atoms with Crippen LogP contribution in [-0.2, 0) is 9.59 Å². The Morgan fingerprint density at radius 2 is 1.72 bits per heavy atom. The fraction of sp³-hybridized carbons (Fsp3) is 0.231. The van der Waals surface area contributed by atoms with Crippen LogP contribution in [0, 0.1) is 13.8 Å². The van der Waals surface area contributed by atoms with Gasteiger partial charge in [0.15, 0.2) is 0 Å². The Kier molecular flexibility index (Phi) is 4.09. The first-order valence-electron chi connectivity index (χ1n) is 5.20. The lowest BCUT2D eigenvalue weighted by Crippen LogP contribution is -2.05. The van der Waals surface area contributed by atoms with E-state index in [0.29, 0.717) is 11.8 Å². The van der Waals surface area contributed by atoms with Gasteiger partial charge in [-0.05, 0) is 37.1 Å². The molecule has 5 heteroatoms. The molecule has 0 amide bonds. The topological polar surface area (TPSA) is 83.8 Å². The molecule has 0 aromatic heterocycles. The second-order valence-corrected chi connectivity index (χ2v) is 3.84. The van der Waals surface area contributed by atoms with E-state index in [1.54, 1.807) is 12.1 Å². The minimum Gasteiger partial charge on any atom is -0.496 e. The Hall–Kier alpha value is -2.30. The number of ether oxygens (including phenoxy) is 1. The predicted octanol–water partition coefficient (Wildman–Crippen LogP) is 1.86. The van der Waals surface area contributed by atoms with Gasteiger partial charge in [0.1, 0.15) is 5.75 Å².